The molecule has 3 unspecified atom stereocenters. The first-order chi connectivity index (χ1) is 5.49. The fourth-order valence-corrected chi connectivity index (χ4v) is 1.24. The smallest absolute Gasteiger partial charge is 0.0570 e. The zero-order valence-electron chi connectivity index (χ0n) is 9.17. The largest absolute Gasteiger partial charge is 0.393 e. The maximum atomic E-state index is 9.79. The van der Waals surface area contributed by atoms with E-state index in [9.17, 15) is 5.11 Å². The van der Waals surface area contributed by atoms with Crippen molar-refractivity contribution in [1.82, 2.24) is 0 Å². The molecule has 74 valence electrons. The molecule has 0 fully saturated rings. The molecule has 0 amide bonds. The van der Waals surface area contributed by atoms with Gasteiger partial charge in [0.15, 0.2) is 0 Å². The molecule has 12 heavy (non-hydrogen) atoms. The maximum Gasteiger partial charge on any atom is 0.0570 e. The first kappa shape index (κ1) is 12.0. The minimum absolute atomic E-state index is 0.111. The van der Waals surface area contributed by atoms with Crippen molar-refractivity contribution in [2.24, 2.45) is 17.8 Å². The van der Waals surface area contributed by atoms with Gasteiger partial charge in [0.1, 0.15) is 0 Å². The Morgan fingerprint density at radius 3 is 1.92 bits per heavy atom. The summed E-state index contributed by atoms with van der Waals surface area (Å²) in [6.45, 7) is 10.9. The van der Waals surface area contributed by atoms with Crippen molar-refractivity contribution in [3.8, 4) is 0 Å². The SMILES string of the molecule is CCC(C)CC(O)C(C)C(C)C. The molecule has 0 bridgehead atoms. The van der Waals surface area contributed by atoms with Crippen molar-refractivity contribution in [2.45, 2.75) is 53.6 Å². The molecular weight excluding hydrogens is 148 g/mol. The summed E-state index contributed by atoms with van der Waals surface area (Å²) in [6, 6.07) is 0. The summed E-state index contributed by atoms with van der Waals surface area (Å²) >= 11 is 0. The second-order valence-electron chi connectivity index (χ2n) is 4.42. The Hall–Kier alpha value is -0.0400. The monoisotopic (exact) mass is 172 g/mol. The summed E-state index contributed by atoms with van der Waals surface area (Å²) in [4.78, 5) is 0. The lowest BCUT2D eigenvalue weighted by atomic mass is 9.87. The number of hydrogen-bond donors (Lipinski definition) is 1. The minimum Gasteiger partial charge on any atom is -0.393 e. The Balaban J connectivity index is 3.78. The van der Waals surface area contributed by atoms with Crippen LogP contribution < -0.4 is 0 Å². The van der Waals surface area contributed by atoms with Crippen LogP contribution in [0.25, 0.3) is 0 Å². The Bertz CT molecular complexity index is 110. The van der Waals surface area contributed by atoms with E-state index in [1.165, 1.54) is 6.42 Å². The number of hydrogen-bond acceptors (Lipinski definition) is 1. The second kappa shape index (κ2) is 5.58. The quantitative estimate of drug-likeness (QED) is 0.675. The van der Waals surface area contributed by atoms with Crippen molar-refractivity contribution in [3.05, 3.63) is 0 Å². The third-order valence-electron chi connectivity index (χ3n) is 3.00. The topological polar surface area (TPSA) is 20.2 Å². The normalized spacial score (nSPS) is 19.2. The lowest BCUT2D eigenvalue weighted by molar-refractivity contribution is 0.0698. The molecule has 0 aliphatic carbocycles. The van der Waals surface area contributed by atoms with E-state index in [0.29, 0.717) is 17.8 Å². The van der Waals surface area contributed by atoms with E-state index in [-0.39, 0.29) is 6.10 Å². The first-order valence-electron chi connectivity index (χ1n) is 5.17. The van der Waals surface area contributed by atoms with Gasteiger partial charge >= 0.3 is 0 Å². The third-order valence-corrected chi connectivity index (χ3v) is 3.00. The molecule has 0 aromatic rings. The summed E-state index contributed by atoms with van der Waals surface area (Å²) in [5.41, 5.74) is 0. The zero-order chi connectivity index (χ0) is 9.72. The van der Waals surface area contributed by atoms with Gasteiger partial charge in [-0.05, 0) is 24.2 Å². The second-order valence-corrected chi connectivity index (χ2v) is 4.42. The van der Waals surface area contributed by atoms with Crippen LogP contribution in [0.5, 0.6) is 0 Å². The molecule has 0 rings (SSSR count). The highest BCUT2D eigenvalue weighted by Crippen LogP contribution is 2.21. The van der Waals surface area contributed by atoms with Gasteiger partial charge in [0.25, 0.3) is 0 Å². The van der Waals surface area contributed by atoms with Crippen LogP contribution in [0, 0.1) is 17.8 Å². The predicted octanol–water partition coefficient (Wildman–Crippen LogP) is 3.08. The number of aliphatic hydroxyl groups is 1. The number of aliphatic hydroxyl groups excluding tert-OH is 1. The van der Waals surface area contributed by atoms with Crippen LogP contribution in [0.1, 0.15) is 47.5 Å². The standard InChI is InChI=1S/C11H24O/c1-6-9(4)7-11(12)10(5)8(2)3/h8-12H,6-7H2,1-5H3. The molecule has 0 aliphatic heterocycles. The number of rotatable bonds is 5. The molecule has 1 nitrogen and oxygen atoms in total. The Morgan fingerprint density at radius 2 is 1.58 bits per heavy atom. The summed E-state index contributed by atoms with van der Waals surface area (Å²) in [7, 11) is 0. The van der Waals surface area contributed by atoms with E-state index in [0.717, 1.165) is 6.42 Å². The van der Waals surface area contributed by atoms with Crippen molar-refractivity contribution in [2.75, 3.05) is 0 Å². The average molecular weight is 172 g/mol. The molecule has 0 aromatic carbocycles. The van der Waals surface area contributed by atoms with Crippen molar-refractivity contribution >= 4 is 0 Å². The fourth-order valence-electron chi connectivity index (χ4n) is 1.24. The Kier molecular flexibility index (Phi) is 5.56. The van der Waals surface area contributed by atoms with Gasteiger partial charge < -0.3 is 5.11 Å². The molecule has 0 heterocycles. The van der Waals surface area contributed by atoms with Crippen molar-refractivity contribution in [3.63, 3.8) is 0 Å². The van der Waals surface area contributed by atoms with Crippen molar-refractivity contribution < 1.29 is 5.11 Å². The molecule has 3 atom stereocenters. The van der Waals surface area contributed by atoms with Gasteiger partial charge in [-0.15, -0.1) is 0 Å². The van der Waals surface area contributed by atoms with Gasteiger partial charge in [0, 0.05) is 0 Å². The molecule has 0 spiro atoms. The van der Waals surface area contributed by atoms with Crippen LogP contribution in [0.2, 0.25) is 0 Å². The maximum absolute atomic E-state index is 9.79. The third kappa shape index (κ3) is 4.10. The lowest BCUT2D eigenvalue weighted by Crippen LogP contribution is -2.24. The minimum atomic E-state index is -0.111. The molecule has 0 saturated heterocycles. The highest BCUT2D eigenvalue weighted by Gasteiger charge is 2.18. The Morgan fingerprint density at radius 1 is 1.08 bits per heavy atom. The highest BCUT2D eigenvalue weighted by atomic mass is 16.3. The van der Waals surface area contributed by atoms with Gasteiger partial charge in [-0.1, -0.05) is 41.0 Å². The molecule has 1 N–H and O–H groups in total. The van der Waals surface area contributed by atoms with Gasteiger partial charge in [0.2, 0.25) is 0 Å². The Labute approximate surface area is 77.2 Å². The first-order valence-corrected chi connectivity index (χ1v) is 5.17. The molecule has 1 heteroatoms. The van der Waals surface area contributed by atoms with E-state index in [1.54, 1.807) is 0 Å². The average Bonchev–Trinajstić information content (AvgIpc) is 2.02. The van der Waals surface area contributed by atoms with Crippen LogP contribution in [0.4, 0.5) is 0 Å². The summed E-state index contributed by atoms with van der Waals surface area (Å²) in [5.74, 6) is 1.67. The van der Waals surface area contributed by atoms with Crippen LogP contribution in [-0.2, 0) is 0 Å². The summed E-state index contributed by atoms with van der Waals surface area (Å²) < 4.78 is 0. The van der Waals surface area contributed by atoms with Crippen molar-refractivity contribution in [1.29, 1.82) is 0 Å². The molecular formula is C11H24O. The van der Waals surface area contributed by atoms with Gasteiger partial charge in [-0.2, -0.15) is 0 Å². The van der Waals surface area contributed by atoms with E-state index in [1.807, 2.05) is 0 Å². The van der Waals surface area contributed by atoms with Crippen LogP contribution in [0.15, 0.2) is 0 Å². The van der Waals surface area contributed by atoms with Crippen LogP contribution in [-0.4, -0.2) is 11.2 Å². The van der Waals surface area contributed by atoms with E-state index in [2.05, 4.69) is 34.6 Å². The van der Waals surface area contributed by atoms with Crippen LogP contribution in [0.3, 0.4) is 0 Å². The lowest BCUT2D eigenvalue weighted by Gasteiger charge is -2.24. The van der Waals surface area contributed by atoms with Gasteiger partial charge in [-0.3, -0.25) is 0 Å². The van der Waals surface area contributed by atoms with Gasteiger partial charge in [-0.25, -0.2) is 0 Å². The van der Waals surface area contributed by atoms with E-state index in [4.69, 9.17) is 0 Å². The summed E-state index contributed by atoms with van der Waals surface area (Å²) in [6.07, 6.45) is 2.01. The molecule has 0 saturated carbocycles. The van der Waals surface area contributed by atoms with Gasteiger partial charge in [0.05, 0.1) is 6.10 Å². The van der Waals surface area contributed by atoms with Crippen LogP contribution >= 0.6 is 0 Å². The zero-order valence-corrected chi connectivity index (χ0v) is 9.17. The molecule has 0 radical (unpaired) electrons. The highest BCUT2D eigenvalue weighted by molar-refractivity contribution is 4.69. The van der Waals surface area contributed by atoms with E-state index < -0.39 is 0 Å². The predicted molar refractivity (Wildman–Crippen MR) is 54.1 cm³/mol. The molecule has 0 aromatic heterocycles. The molecule has 0 aliphatic rings. The summed E-state index contributed by atoms with van der Waals surface area (Å²) in [5, 5.41) is 9.79. The van der Waals surface area contributed by atoms with E-state index >= 15 is 0 Å². The fraction of sp³-hybridized carbons (Fsp3) is 1.00.